The zero-order valence-electron chi connectivity index (χ0n) is 11.8. The molecule has 1 aromatic rings. The molecule has 3 heteroatoms. The molecule has 0 aromatic heterocycles. The van der Waals surface area contributed by atoms with Crippen molar-refractivity contribution in [3.05, 3.63) is 47.5 Å². The lowest BCUT2D eigenvalue weighted by Gasteiger charge is -2.08. The van der Waals surface area contributed by atoms with Gasteiger partial charge in [0.25, 0.3) is 5.91 Å². The highest BCUT2D eigenvalue weighted by atomic mass is 16.2. The molecular weight excluding hydrogens is 238 g/mol. The molecule has 0 spiro atoms. The standard InChI is InChI=1S/C16H21NO2/c1-12(2)11-15(13(3)18)16(19)17-10-9-14-7-5-4-6-8-14/h4-8,11-12H,9-10H2,1-3H3,(H,17,19). The van der Waals surface area contributed by atoms with Crippen LogP contribution in [-0.4, -0.2) is 18.2 Å². The van der Waals surface area contributed by atoms with Crippen molar-refractivity contribution in [1.82, 2.24) is 5.32 Å². The number of hydrogen-bond acceptors (Lipinski definition) is 2. The minimum absolute atomic E-state index is 0.179. The molecule has 3 nitrogen and oxygen atoms in total. The van der Waals surface area contributed by atoms with Gasteiger partial charge in [-0.2, -0.15) is 0 Å². The van der Waals surface area contributed by atoms with Crippen molar-refractivity contribution in [3.63, 3.8) is 0 Å². The van der Waals surface area contributed by atoms with Gasteiger partial charge in [-0.1, -0.05) is 50.3 Å². The normalized spacial score (nSPS) is 11.5. The fourth-order valence-corrected chi connectivity index (χ4v) is 1.75. The highest BCUT2D eigenvalue weighted by molar-refractivity contribution is 6.18. The summed E-state index contributed by atoms with van der Waals surface area (Å²) in [6.07, 6.45) is 2.47. The van der Waals surface area contributed by atoms with Gasteiger partial charge in [0, 0.05) is 6.54 Å². The van der Waals surface area contributed by atoms with Crippen LogP contribution in [0.2, 0.25) is 0 Å². The Balaban J connectivity index is 2.52. The quantitative estimate of drug-likeness (QED) is 0.485. The lowest BCUT2D eigenvalue weighted by atomic mass is 10.1. The molecule has 0 radical (unpaired) electrons. The van der Waals surface area contributed by atoms with Gasteiger partial charge in [0.2, 0.25) is 0 Å². The second-order valence-corrected chi connectivity index (χ2v) is 4.87. The third kappa shape index (κ3) is 5.51. The van der Waals surface area contributed by atoms with Crippen LogP contribution in [0.4, 0.5) is 0 Å². The summed E-state index contributed by atoms with van der Waals surface area (Å²) in [4.78, 5) is 23.3. The van der Waals surface area contributed by atoms with E-state index >= 15 is 0 Å². The van der Waals surface area contributed by atoms with Crippen LogP contribution >= 0.6 is 0 Å². The fraction of sp³-hybridized carbons (Fsp3) is 0.375. The molecule has 1 amide bonds. The lowest BCUT2D eigenvalue weighted by Crippen LogP contribution is -2.29. The van der Waals surface area contributed by atoms with Gasteiger partial charge in [-0.15, -0.1) is 0 Å². The van der Waals surface area contributed by atoms with Gasteiger partial charge in [-0.3, -0.25) is 9.59 Å². The van der Waals surface area contributed by atoms with Crippen LogP contribution < -0.4 is 5.32 Å². The Hall–Kier alpha value is -1.90. The second kappa shape index (κ2) is 7.52. The van der Waals surface area contributed by atoms with Crippen molar-refractivity contribution >= 4 is 11.7 Å². The Bertz CT molecular complexity index is 461. The zero-order valence-corrected chi connectivity index (χ0v) is 11.8. The molecule has 19 heavy (non-hydrogen) atoms. The molecule has 102 valence electrons. The van der Waals surface area contributed by atoms with E-state index in [0.717, 1.165) is 6.42 Å². The summed E-state index contributed by atoms with van der Waals surface area (Å²) in [5, 5.41) is 2.79. The highest BCUT2D eigenvalue weighted by Crippen LogP contribution is 2.04. The van der Waals surface area contributed by atoms with Crippen LogP contribution in [0.1, 0.15) is 26.3 Å². The first-order valence-corrected chi connectivity index (χ1v) is 6.55. The molecule has 1 rings (SSSR count). The van der Waals surface area contributed by atoms with E-state index in [1.165, 1.54) is 12.5 Å². The number of carbonyl (C=O) groups excluding carboxylic acids is 2. The highest BCUT2D eigenvalue weighted by Gasteiger charge is 2.14. The minimum Gasteiger partial charge on any atom is -0.352 e. The number of benzene rings is 1. The van der Waals surface area contributed by atoms with Crippen molar-refractivity contribution in [2.75, 3.05) is 6.54 Å². The van der Waals surface area contributed by atoms with Gasteiger partial charge >= 0.3 is 0 Å². The van der Waals surface area contributed by atoms with Crippen LogP contribution in [0.5, 0.6) is 0 Å². The Morgan fingerprint density at radius 1 is 1.21 bits per heavy atom. The smallest absolute Gasteiger partial charge is 0.254 e. The number of nitrogens with one attached hydrogen (secondary N) is 1. The summed E-state index contributed by atoms with van der Waals surface area (Å²) >= 11 is 0. The van der Waals surface area contributed by atoms with Crippen molar-refractivity contribution < 1.29 is 9.59 Å². The van der Waals surface area contributed by atoms with E-state index < -0.39 is 0 Å². The number of amides is 1. The van der Waals surface area contributed by atoms with E-state index in [9.17, 15) is 9.59 Å². The predicted molar refractivity (Wildman–Crippen MR) is 76.8 cm³/mol. The van der Waals surface area contributed by atoms with E-state index in [1.54, 1.807) is 6.08 Å². The van der Waals surface area contributed by atoms with E-state index in [0.29, 0.717) is 6.54 Å². The molecule has 0 saturated carbocycles. The fourth-order valence-electron chi connectivity index (χ4n) is 1.75. The third-order valence-electron chi connectivity index (χ3n) is 2.67. The number of Topliss-reactive ketones (excluding diaryl/α,β-unsaturated/α-hetero) is 1. The Labute approximate surface area is 114 Å². The predicted octanol–water partition coefficient (Wildman–Crippen LogP) is 2.52. The second-order valence-electron chi connectivity index (χ2n) is 4.87. The first kappa shape index (κ1) is 15.2. The zero-order chi connectivity index (χ0) is 14.3. The minimum atomic E-state index is -0.280. The summed E-state index contributed by atoms with van der Waals surface area (Å²) in [6.45, 7) is 5.84. The molecule has 0 atom stereocenters. The number of allylic oxidation sites excluding steroid dienone is 1. The lowest BCUT2D eigenvalue weighted by molar-refractivity contribution is -0.121. The van der Waals surface area contributed by atoms with Crippen molar-refractivity contribution in [2.24, 2.45) is 5.92 Å². The van der Waals surface area contributed by atoms with Gasteiger partial charge in [0.15, 0.2) is 5.78 Å². The van der Waals surface area contributed by atoms with Crippen molar-refractivity contribution in [3.8, 4) is 0 Å². The van der Waals surface area contributed by atoms with Gasteiger partial charge in [-0.25, -0.2) is 0 Å². The number of ketones is 1. The van der Waals surface area contributed by atoms with Crippen LogP contribution in [0.25, 0.3) is 0 Å². The molecule has 0 saturated heterocycles. The molecule has 0 aliphatic carbocycles. The SMILES string of the molecule is CC(=O)C(=CC(C)C)C(=O)NCCc1ccccc1. The van der Waals surface area contributed by atoms with Gasteiger partial charge in [0.1, 0.15) is 0 Å². The molecule has 0 aliphatic rings. The maximum Gasteiger partial charge on any atom is 0.254 e. The molecule has 1 aromatic carbocycles. The van der Waals surface area contributed by atoms with Crippen molar-refractivity contribution in [1.29, 1.82) is 0 Å². The molecule has 1 N–H and O–H groups in total. The van der Waals surface area contributed by atoms with Crippen LogP contribution in [-0.2, 0) is 16.0 Å². The summed E-state index contributed by atoms with van der Waals surface area (Å²) in [7, 11) is 0. The Morgan fingerprint density at radius 3 is 2.37 bits per heavy atom. The third-order valence-corrected chi connectivity index (χ3v) is 2.67. The molecular formula is C16H21NO2. The van der Waals surface area contributed by atoms with Gasteiger partial charge < -0.3 is 5.32 Å². The molecule has 0 bridgehead atoms. The molecule has 0 heterocycles. The van der Waals surface area contributed by atoms with E-state index in [1.807, 2.05) is 44.2 Å². The first-order chi connectivity index (χ1) is 9.00. The largest absolute Gasteiger partial charge is 0.352 e. The van der Waals surface area contributed by atoms with Crippen molar-refractivity contribution in [2.45, 2.75) is 27.2 Å². The topological polar surface area (TPSA) is 46.2 Å². The Kier molecular flexibility index (Phi) is 6.00. The molecule has 0 fully saturated rings. The average Bonchev–Trinajstić information content (AvgIpc) is 2.36. The van der Waals surface area contributed by atoms with Crippen LogP contribution in [0.3, 0.4) is 0 Å². The van der Waals surface area contributed by atoms with E-state index in [-0.39, 0.29) is 23.2 Å². The van der Waals surface area contributed by atoms with Gasteiger partial charge in [0.05, 0.1) is 5.57 Å². The summed E-state index contributed by atoms with van der Waals surface area (Å²) in [6, 6.07) is 9.93. The summed E-state index contributed by atoms with van der Waals surface area (Å²) in [5.41, 5.74) is 1.42. The summed E-state index contributed by atoms with van der Waals surface area (Å²) < 4.78 is 0. The number of hydrogen-bond donors (Lipinski definition) is 1. The van der Waals surface area contributed by atoms with E-state index in [2.05, 4.69) is 5.32 Å². The van der Waals surface area contributed by atoms with Crippen LogP contribution in [0, 0.1) is 5.92 Å². The number of carbonyl (C=O) groups is 2. The molecule has 0 aliphatic heterocycles. The number of rotatable bonds is 6. The van der Waals surface area contributed by atoms with Gasteiger partial charge in [-0.05, 0) is 24.8 Å². The van der Waals surface area contributed by atoms with E-state index in [4.69, 9.17) is 0 Å². The maximum absolute atomic E-state index is 11.9. The Morgan fingerprint density at radius 2 is 1.84 bits per heavy atom. The summed E-state index contributed by atoms with van der Waals surface area (Å²) in [5.74, 6) is -0.290. The average molecular weight is 259 g/mol. The monoisotopic (exact) mass is 259 g/mol. The first-order valence-electron chi connectivity index (χ1n) is 6.55. The molecule has 0 unspecified atom stereocenters. The van der Waals surface area contributed by atoms with Crippen LogP contribution in [0.15, 0.2) is 42.0 Å². The maximum atomic E-state index is 11.9.